The monoisotopic (exact) mass is 267 g/mol. The number of carbonyl (C=O) groups is 1. The molecule has 17 heavy (non-hydrogen) atoms. The van der Waals surface area contributed by atoms with E-state index in [0.29, 0.717) is 18.1 Å². The zero-order valence-electron chi connectivity index (χ0n) is 8.90. The normalized spacial score (nSPS) is 18.9. The number of benzene rings is 1. The van der Waals surface area contributed by atoms with Gasteiger partial charge in [0.25, 0.3) is 0 Å². The van der Waals surface area contributed by atoms with Gasteiger partial charge >= 0.3 is 0 Å². The lowest BCUT2D eigenvalue weighted by Crippen LogP contribution is -2.51. The summed E-state index contributed by atoms with van der Waals surface area (Å²) in [4.78, 5) is 10.7. The van der Waals surface area contributed by atoms with Crippen molar-refractivity contribution in [2.75, 3.05) is 6.61 Å². The summed E-state index contributed by atoms with van der Waals surface area (Å²) in [5.74, 6) is 0.0843. The molecule has 1 atom stereocenters. The number of nitrogens with one attached hydrogen (secondary N) is 1. The summed E-state index contributed by atoms with van der Waals surface area (Å²) < 4.78 is 6.76. The van der Waals surface area contributed by atoms with Gasteiger partial charge in [0.05, 0.1) is 12.5 Å². The van der Waals surface area contributed by atoms with Crippen molar-refractivity contribution < 1.29 is 9.53 Å². The van der Waals surface area contributed by atoms with E-state index in [9.17, 15) is 4.79 Å². The van der Waals surface area contributed by atoms with E-state index in [1.807, 2.05) is 24.3 Å². The van der Waals surface area contributed by atoms with Crippen molar-refractivity contribution >= 4 is 38.9 Å². The summed E-state index contributed by atoms with van der Waals surface area (Å²) in [7, 11) is 0. The molecular weight excluding hydrogens is 258 g/mol. The number of β-lactam (4-membered cyclic amide) rings is 1. The molecule has 1 amide bonds. The minimum Gasteiger partial charge on any atom is -0.481 e. The van der Waals surface area contributed by atoms with E-state index in [1.54, 1.807) is 0 Å². The van der Waals surface area contributed by atoms with Crippen molar-refractivity contribution in [2.45, 2.75) is 12.5 Å². The Morgan fingerprint density at radius 2 is 2.24 bits per heavy atom. The molecule has 5 heteroatoms. The maximum atomic E-state index is 10.7. The third-order valence-corrected chi connectivity index (χ3v) is 4.29. The van der Waals surface area contributed by atoms with Crippen LogP contribution < -0.4 is 10.1 Å². The van der Waals surface area contributed by atoms with E-state index < -0.39 is 0 Å². The summed E-state index contributed by atoms with van der Waals surface area (Å²) in [5.41, 5.74) is 0. The molecule has 1 saturated heterocycles. The summed E-state index contributed by atoms with van der Waals surface area (Å²) >= 11 is 7.76. The highest BCUT2D eigenvalue weighted by molar-refractivity contribution is 7.21. The summed E-state index contributed by atoms with van der Waals surface area (Å²) in [6.07, 6.45) is 0.544. The zero-order chi connectivity index (χ0) is 11.8. The van der Waals surface area contributed by atoms with Crippen molar-refractivity contribution in [3.8, 4) is 5.06 Å². The molecule has 0 spiro atoms. The molecule has 1 aromatic heterocycles. The minimum atomic E-state index is 0.0843. The molecule has 0 radical (unpaired) electrons. The fourth-order valence-electron chi connectivity index (χ4n) is 1.79. The Kier molecular flexibility index (Phi) is 2.68. The van der Waals surface area contributed by atoms with Crippen LogP contribution in [0.3, 0.4) is 0 Å². The van der Waals surface area contributed by atoms with Crippen LogP contribution in [0, 0.1) is 0 Å². The molecule has 1 fully saturated rings. The van der Waals surface area contributed by atoms with Gasteiger partial charge in [-0.25, -0.2) is 0 Å². The average molecular weight is 268 g/mol. The van der Waals surface area contributed by atoms with E-state index in [0.717, 1.165) is 15.1 Å². The fraction of sp³-hybridized carbons (Fsp3) is 0.250. The maximum Gasteiger partial charge on any atom is 0.222 e. The number of ether oxygens (including phenoxy) is 1. The number of thiophene rings is 1. The molecule has 1 N–H and O–H groups in total. The Labute approximate surface area is 107 Å². The summed E-state index contributed by atoms with van der Waals surface area (Å²) in [6, 6.07) is 8.06. The Morgan fingerprint density at radius 3 is 2.94 bits per heavy atom. The standard InChI is InChI=1S/C12H10ClNO2S/c13-11-8-3-1-2-4-9(8)17-12(11)16-6-7-5-10(15)14-7/h1-4,7H,5-6H2,(H,14,15)/t7-/m1/s1. The topological polar surface area (TPSA) is 38.3 Å². The van der Waals surface area contributed by atoms with Crippen LogP contribution in [0.15, 0.2) is 24.3 Å². The van der Waals surface area contributed by atoms with Crippen LogP contribution >= 0.6 is 22.9 Å². The van der Waals surface area contributed by atoms with E-state index in [2.05, 4.69) is 5.32 Å². The first-order chi connectivity index (χ1) is 8.24. The third kappa shape index (κ3) is 1.98. The lowest BCUT2D eigenvalue weighted by molar-refractivity contribution is -0.128. The van der Waals surface area contributed by atoms with Crippen LogP contribution in [-0.2, 0) is 4.79 Å². The van der Waals surface area contributed by atoms with Crippen molar-refractivity contribution in [1.29, 1.82) is 0 Å². The van der Waals surface area contributed by atoms with Gasteiger partial charge < -0.3 is 10.1 Å². The molecule has 3 rings (SSSR count). The first kappa shape index (κ1) is 10.9. The Hall–Kier alpha value is -1.26. The Balaban J connectivity index is 1.76. The molecule has 0 unspecified atom stereocenters. The molecule has 88 valence electrons. The lowest BCUT2D eigenvalue weighted by atomic mass is 10.1. The number of rotatable bonds is 3. The predicted octanol–water partition coefficient (Wildman–Crippen LogP) is 2.82. The quantitative estimate of drug-likeness (QED) is 0.869. The number of fused-ring (bicyclic) bond motifs is 1. The van der Waals surface area contributed by atoms with Crippen LogP contribution in [0.1, 0.15) is 6.42 Å². The first-order valence-electron chi connectivity index (χ1n) is 5.33. The van der Waals surface area contributed by atoms with Crippen LogP contribution in [0.5, 0.6) is 5.06 Å². The highest BCUT2D eigenvalue weighted by Crippen LogP contribution is 2.41. The van der Waals surface area contributed by atoms with Gasteiger partial charge in [0.1, 0.15) is 11.6 Å². The van der Waals surface area contributed by atoms with Gasteiger partial charge in [-0.15, -0.1) is 0 Å². The van der Waals surface area contributed by atoms with Crippen molar-refractivity contribution in [1.82, 2.24) is 5.32 Å². The molecule has 1 aliphatic heterocycles. The minimum absolute atomic E-state index is 0.0843. The average Bonchev–Trinajstić information content (AvgIpc) is 2.61. The van der Waals surface area contributed by atoms with Crippen molar-refractivity contribution in [2.24, 2.45) is 0 Å². The van der Waals surface area contributed by atoms with E-state index in [1.165, 1.54) is 11.3 Å². The highest BCUT2D eigenvalue weighted by atomic mass is 35.5. The van der Waals surface area contributed by atoms with Gasteiger partial charge in [0, 0.05) is 10.1 Å². The van der Waals surface area contributed by atoms with E-state index >= 15 is 0 Å². The van der Waals surface area contributed by atoms with E-state index in [4.69, 9.17) is 16.3 Å². The number of hydrogen-bond acceptors (Lipinski definition) is 3. The number of amides is 1. The second-order valence-electron chi connectivity index (χ2n) is 3.98. The molecule has 1 aliphatic rings. The predicted molar refractivity (Wildman–Crippen MR) is 68.9 cm³/mol. The van der Waals surface area contributed by atoms with E-state index in [-0.39, 0.29) is 11.9 Å². The second-order valence-corrected chi connectivity index (χ2v) is 5.37. The summed E-state index contributed by atoms with van der Waals surface area (Å²) in [6.45, 7) is 0.484. The molecule has 2 aromatic rings. The van der Waals surface area contributed by atoms with Crippen molar-refractivity contribution in [3.05, 3.63) is 29.3 Å². The maximum absolute atomic E-state index is 10.7. The molecular formula is C12H10ClNO2S. The molecule has 0 bridgehead atoms. The smallest absolute Gasteiger partial charge is 0.222 e. The summed E-state index contributed by atoms with van der Waals surface area (Å²) in [5, 5.41) is 5.18. The van der Waals surface area contributed by atoms with Gasteiger partial charge in [-0.3, -0.25) is 4.79 Å². The highest BCUT2D eigenvalue weighted by Gasteiger charge is 2.26. The Bertz CT molecular complexity index is 573. The largest absolute Gasteiger partial charge is 0.481 e. The van der Waals surface area contributed by atoms with Gasteiger partial charge in [-0.1, -0.05) is 41.1 Å². The molecule has 0 aliphatic carbocycles. The van der Waals surface area contributed by atoms with Crippen molar-refractivity contribution in [3.63, 3.8) is 0 Å². The number of halogens is 1. The molecule has 3 nitrogen and oxygen atoms in total. The van der Waals surface area contributed by atoms with Crippen LogP contribution in [0.2, 0.25) is 5.02 Å². The first-order valence-corrected chi connectivity index (χ1v) is 6.52. The number of hydrogen-bond donors (Lipinski definition) is 1. The number of carbonyl (C=O) groups excluding carboxylic acids is 1. The van der Waals surface area contributed by atoms with Crippen LogP contribution in [0.25, 0.3) is 10.1 Å². The molecule has 2 heterocycles. The van der Waals surface area contributed by atoms with Gasteiger partial charge in [-0.05, 0) is 6.07 Å². The third-order valence-electron chi connectivity index (χ3n) is 2.72. The van der Waals surface area contributed by atoms with Gasteiger partial charge in [-0.2, -0.15) is 0 Å². The Morgan fingerprint density at radius 1 is 1.47 bits per heavy atom. The van der Waals surface area contributed by atoms with Gasteiger partial charge in [0.2, 0.25) is 5.91 Å². The fourth-order valence-corrected chi connectivity index (χ4v) is 3.14. The molecule has 0 saturated carbocycles. The SMILES string of the molecule is O=C1C[C@H](COc2sc3ccccc3c2Cl)N1. The second kappa shape index (κ2) is 4.20. The van der Waals surface area contributed by atoms with Crippen LogP contribution in [0.4, 0.5) is 0 Å². The van der Waals surface area contributed by atoms with Gasteiger partial charge in [0.15, 0.2) is 5.06 Å². The molecule has 1 aromatic carbocycles. The lowest BCUT2D eigenvalue weighted by Gasteiger charge is -2.26. The zero-order valence-corrected chi connectivity index (χ0v) is 10.5. The van der Waals surface area contributed by atoms with Crippen LogP contribution in [-0.4, -0.2) is 18.6 Å².